The molecule has 0 aromatic heterocycles. The lowest BCUT2D eigenvalue weighted by Gasteiger charge is -2.18. The molecule has 1 heterocycles. The van der Waals surface area contributed by atoms with E-state index in [1.807, 2.05) is 30.3 Å². The summed E-state index contributed by atoms with van der Waals surface area (Å²) in [6, 6.07) is 12.8. The van der Waals surface area contributed by atoms with E-state index in [1.54, 1.807) is 25.3 Å². The molecule has 0 atom stereocenters. The number of hydrogen-bond acceptors (Lipinski definition) is 5. The minimum Gasteiger partial charge on any atom is -0.497 e. The van der Waals surface area contributed by atoms with Crippen LogP contribution in [0, 0.1) is 0 Å². The molecule has 2 aromatic carbocycles. The summed E-state index contributed by atoms with van der Waals surface area (Å²) in [6.07, 6.45) is 1.73. The van der Waals surface area contributed by atoms with Gasteiger partial charge in [-0.1, -0.05) is 26.0 Å². The van der Waals surface area contributed by atoms with Crippen LogP contribution in [0.25, 0.3) is 6.08 Å². The molecule has 0 amide bonds. The molecule has 6 heteroatoms. The third-order valence-corrected chi connectivity index (χ3v) is 4.60. The monoisotopic (exact) mass is 403 g/mol. The Hall–Kier alpha value is -2.50. The van der Waals surface area contributed by atoms with E-state index in [0.717, 1.165) is 30.9 Å². The van der Waals surface area contributed by atoms with Crippen LogP contribution in [0.4, 0.5) is 0 Å². The van der Waals surface area contributed by atoms with Gasteiger partial charge in [-0.2, -0.15) is 0 Å². The topological polar surface area (TPSA) is 48.0 Å². The summed E-state index contributed by atoms with van der Waals surface area (Å²) < 4.78 is 16.8. The molecule has 5 nitrogen and oxygen atoms in total. The Bertz CT molecular complexity index is 846. The van der Waals surface area contributed by atoms with E-state index >= 15 is 0 Å². The highest BCUT2D eigenvalue weighted by molar-refractivity contribution is 6.14. The van der Waals surface area contributed by atoms with Crippen LogP contribution in [0.3, 0.4) is 0 Å². The first kappa shape index (κ1) is 21.8. The Morgan fingerprint density at radius 2 is 1.86 bits per heavy atom. The van der Waals surface area contributed by atoms with Gasteiger partial charge in [0.1, 0.15) is 23.9 Å². The van der Waals surface area contributed by atoms with Crippen molar-refractivity contribution in [1.29, 1.82) is 0 Å². The first-order valence-electron chi connectivity index (χ1n) is 9.22. The van der Waals surface area contributed by atoms with Crippen molar-refractivity contribution >= 4 is 24.3 Å². The molecule has 0 saturated carbocycles. The van der Waals surface area contributed by atoms with Gasteiger partial charge in [0, 0.05) is 12.6 Å². The number of nitrogens with zero attached hydrogens (tertiary/aromatic N) is 1. The number of benzene rings is 2. The van der Waals surface area contributed by atoms with Crippen LogP contribution in [0.2, 0.25) is 0 Å². The lowest BCUT2D eigenvalue weighted by Crippen LogP contribution is -2.27. The zero-order valence-electron chi connectivity index (χ0n) is 16.4. The average Bonchev–Trinajstić information content (AvgIpc) is 3.00. The van der Waals surface area contributed by atoms with Crippen molar-refractivity contribution in [1.82, 2.24) is 4.90 Å². The van der Waals surface area contributed by atoms with Crippen molar-refractivity contribution in [2.45, 2.75) is 13.8 Å². The Kier molecular flexibility index (Phi) is 7.91. The van der Waals surface area contributed by atoms with Crippen LogP contribution in [0.1, 0.15) is 29.8 Å². The summed E-state index contributed by atoms with van der Waals surface area (Å²) in [5.74, 6) is 2.16. The van der Waals surface area contributed by atoms with Gasteiger partial charge in [-0.25, -0.2) is 0 Å². The molecule has 2 aromatic rings. The maximum atomic E-state index is 12.6. The van der Waals surface area contributed by atoms with Crippen molar-refractivity contribution < 1.29 is 19.0 Å². The SMILES string of the molecule is CCN(CC)CCOc1ccc2c(c1)O/C(=C\c1cccc(OC)c1)C2=O.Cl. The van der Waals surface area contributed by atoms with E-state index in [-0.39, 0.29) is 18.2 Å². The number of carbonyl (C=O) groups is 1. The van der Waals surface area contributed by atoms with Gasteiger partial charge in [-0.3, -0.25) is 4.79 Å². The smallest absolute Gasteiger partial charge is 0.231 e. The number of hydrogen-bond donors (Lipinski definition) is 0. The number of ether oxygens (including phenoxy) is 3. The van der Waals surface area contributed by atoms with Gasteiger partial charge in [-0.05, 0) is 49.0 Å². The highest BCUT2D eigenvalue weighted by Crippen LogP contribution is 2.35. The maximum absolute atomic E-state index is 12.6. The fourth-order valence-electron chi connectivity index (χ4n) is 2.97. The molecule has 1 aliphatic rings. The number of allylic oxidation sites excluding steroid dienone is 1. The number of ketones is 1. The van der Waals surface area contributed by atoms with Crippen molar-refractivity contribution in [2.24, 2.45) is 0 Å². The van der Waals surface area contributed by atoms with Crippen LogP contribution >= 0.6 is 12.4 Å². The molecule has 0 radical (unpaired) electrons. The zero-order chi connectivity index (χ0) is 19.2. The number of halogens is 1. The Morgan fingerprint density at radius 1 is 1.07 bits per heavy atom. The third kappa shape index (κ3) is 5.06. The second kappa shape index (κ2) is 10.2. The Balaban J connectivity index is 0.00000280. The molecule has 1 aliphatic heterocycles. The third-order valence-electron chi connectivity index (χ3n) is 4.60. The normalized spacial score (nSPS) is 13.9. The van der Waals surface area contributed by atoms with Crippen LogP contribution in [-0.2, 0) is 0 Å². The van der Waals surface area contributed by atoms with Crippen molar-refractivity contribution in [3.63, 3.8) is 0 Å². The van der Waals surface area contributed by atoms with Gasteiger partial charge in [-0.15, -0.1) is 12.4 Å². The first-order chi connectivity index (χ1) is 13.1. The summed E-state index contributed by atoms with van der Waals surface area (Å²) in [5, 5.41) is 0. The highest BCUT2D eigenvalue weighted by atomic mass is 35.5. The van der Waals surface area contributed by atoms with Crippen molar-refractivity contribution in [3.05, 3.63) is 59.4 Å². The maximum Gasteiger partial charge on any atom is 0.231 e. The number of likely N-dealkylation sites (N-methyl/N-ethyl adjacent to an activating group) is 1. The van der Waals surface area contributed by atoms with Gasteiger partial charge >= 0.3 is 0 Å². The molecule has 0 spiro atoms. The predicted octanol–water partition coefficient (Wildman–Crippen LogP) is 4.45. The van der Waals surface area contributed by atoms with E-state index < -0.39 is 0 Å². The van der Waals surface area contributed by atoms with Crippen molar-refractivity contribution in [2.75, 3.05) is 33.4 Å². The lowest BCUT2D eigenvalue weighted by molar-refractivity contribution is 0.101. The number of methoxy groups -OCH3 is 1. The predicted molar refractivity (Wildman–Crippen MR) is 113 cm³/mol. The molecule has 0 aliphatic carbocycles. The van der Waals surface area contributed by atoms with Gasteiger partial charge < -0.3 is 19.1 Å². The van der Waals surface area contributed by atoms with Gasteiger partial charge in [0.05, 0.1) is 12.7 Å². The molecule has 0 N–H and O–H groups in total. The fourth-order valence-corrected chi connectivity index (χ4v) is 2.97. The second-order valence-electron chi connectivity index (χ2n) is 6.25. The quantitative estimate of drug-likeness (QED) is 0.609. The second-order valence-corrected chi connectivity index (χ2v) is 6.25. The minimum absolute atomic E-state index is 0. The van der Waals surface area contributed by atoms with E-state index in [1.165, 1.54) is 0 Å². The lowest BCUT2D eigenvalue weighted by atomic mass is 10.1. The van der Waals surface area contributed by atoms with Gasteiger partial charge in [0.2, 0.25) is 5.78 Å². The number of rotatable bonds is 8. The van der Waals surface area contributed by atoms with Crippen molar-refractivity contribution in [3.8, 4) is 17.2 Å². The highest BCUT2D eigenvalue weighted by Gasteiger charge is 2.27. The first-order valence-corrected chi connectivity index (χ1v) is 9.22. The van der Waals surface area contributed by atoms with Gasteiger partial charge in [0.15, 0.2) is 5.76 Å². The fraction of sp³-hybridized carbons (Fsp3) is 0.318. The number of carbonyl (C=O) groups excluding carboxylic acids is 1. The number of fused-ring (bicyclic) bond motifs is 1. The summed E-state index contributed by atoms with van der Waals surface area (Å²) in [6.45, 7) is 7.73. The molecule has 0 saturated heterocycles. The van der Waals surface area contributed by atoms with E-state index in [4.69, 9.17) is 14.2 Å². The molecule has 3 rings (SSSR count). The van der Waals surface area contributed by atoms with E-state index in [9.17, 15) is 4.79 Å². The molecule has 28 heavy (non-hydrogen) atoms. The number of Topliss-reactive ketones (excluding diaryl/α,β-unsaturated/α-hetero) is 1. The standard InChI is InChI=1S/C22H25NO4.ClH/c1-4-23(5-2)11-12-26-18-9-10-19-20(15-18)27-21(22(19)24)14-16-7-6-8-17(13-16)25-3;/h6-10,13-15H,4-5,11-12H2,1-3H3;1H/b21-14-;. The molecule has 0 bridgehead atoms. The molecule has 0 unspecified atom stereocenters. The summed E-state index contributed by atoms with van der Waals surface area (Å²) >= 11 is 0. The summed E-state index contributed by atoms with van der Waals surface area (Å²) in [4.78, 5) is 14.9. The molecular weight excluding hydrogens is 378 g/mol. The van der Waals surface area contributed by atoms with Crippen LogP contribution < -0.4 is 14.2 Å². The molecule has 150 valence electrons. The van der Waals surface area contributed by atoms with E-state index in [0.29, 0.717) is 29.4 Å². The Labute approximate surface area is 172 Å². The average molecular weight is 404 g/mol. The van der Waals surface area contributed by atoms with Crippen LogP contribution in [0.15, 0.2) is 48.2 Å². The molecule has 0 fully saturated rings. The summed E-state index contributed by atoms with van der Waals surface area (Å²) in [5.41, 5.74) is 1.40. The molecular formula is C22H26ClNO4. The summed E-state index contributed by atoms with van der Waals surface area (Å²) in [7, 11) is 1.61. The minimum atomic E-state index is -0.123. The van der Waals surface area contributed by atoms with E-state index in [2.05, 4.69) is 18.7 Å². The van der Waals surface area contributed by atoms with Gasteiger partial charge in [0.25, 0.3) is 0 Å². The zero-order valence-corrected chi connectivity index (χ0v) is 17.3. The Morgan fingerprint density at radius 3 is 2.57 bits per heavy atom. The van der Waals surface area contributed by atoms with Crippen LogP contribution in [0.5, 0.6) is 17.2 Å². The van der Waals surface area contributed by atoms with Crippen LogP contribution in [-0.4, -0.2) is 44.0 Å². The largest absolute Gasteiger partial charge is 0.497 e.